The van der Waals surface area contributed by atoms with E-state index >= 15 is 0 Å². The van der Waals surface area contributed by atoms with Crippen LogP contribution in [0.1, 0.15) is 29.8 Å². The number of ketones is 1. The van der Waals surface area contributed by atoms with Crippen molar-refractivity contribution in [1.29, 1.82) is 0 Å². The zero-order valence-electron chi connectivity index (χ0n) is 13.5. The van der Waals surface area contributed by atoms with Crippen LogP contribution in [-0.4, -0.2) is 41.3 Å². The van der Waals surface area contributed by atoms with Crippen LogP contribution in [0.25, 0.3) is 11.0 Å². The average molecular weight is 348 g/mol. The summed E-state index contributed by atoms with van der Waals surface area (Å²) in [6.07, 6.45) is 1.62. The topological polar surface area (TPSA) is 135 Å². The van der Waals surface area contributed by atoms with Gasteiger partial charge in [0.15, 0.2) is 5.76 Å². The van der Waals surface area contributed by atoms with Gasteiger partial charge in [-0.1, -0.05) is 6.42 Å². The summed E-state index contributed by atoms with van der Waals surface area (Å²) in [4.78, 5) is 23.9. The molecule has 0 saturated heterocycles. The lowest BCUT2D eigenvalue weighted by atomic mass is 9.81. The summed E-state index contributed by atoms with van der Waals surface area (Å²) in [6.45, 7) is -0.487. The fourth-order valence-electron chi connectivity index (χ4n) is 2.69. The second-order valence-corrected chi connectivity index (χ2v) is 6.09. The molecule has 2 amide bonds. The van der Waals surface area contributed by atoms with Gasteiger partial charge in [0.2, 0.25) is 5.78 Å². The standard InChI is InChI=1S/C17H20N2O6/c18-17(23)19-14-12-5-4-11(24-8-10(21)7-20)6-13(12)25-16(14)15(22)9-2-1-3-9/h4-6,9-10,20-21H,1-3,7-8H2,(H3,18,19,23). The summed E-state index contributed by atoms with van der Waals surface area (Å²) in [5.74, 6) is 0.252. The zero-order valence-corrected chi connectivity index (χ0v) is 13.5. The van der Waals surface area contributed by atoms with Gasteiger partial charge in [-0.15, -0.1) is 0 Å². The Morgan fingerprint density at radius 1 is 1.40 bits per heavy atom. The lowest BCUT2D eigenvalue weighted by Crippen LogP contribution is -2.24. The Labute approximate surface area is 143 Å². The van der Waals surface area contributed by atoms with Crippen molar-refractivity contribution in [3.05, 3.63) is 24.0 Å². The highest BCUT2D eigenvalue weighted by molar-refractivity contribution is 6.11. The van der Waals surface area contributed by atoms with Crippen LogP contribution < -0.4 is 15.8 Å². The van der Waals surface area contributed by atoms with Gasteiger partial charge < -0.3 is 30.4 Å². The van der Waals surface area contributed by atoms with E-state index in [-0.39, 0.29) is 29.8 Å². The number of urea groups is 1. The number of hydrogen-bond acceptors (Lipinski definition) is 6. The summed E-state index contributed by atoms with van der Waals surface area (Å²) >= 11 is 0. The molecule has 1 unspecified atom stereocenters. The number of hydrogen-bond donors (Lipinski definition) is 4. The minimum Gasteiger partial charge on any atom is -0.491 e. The molecule has 0 spiro atoms. The van der Waals surface area contributed by atoms with Crippen molar-refractivity contribution in [3.8, 4) is 5.75 Å². The Hall–Kier alpha value is -2.58. The van der Waals surface area contributed by atoms with Crippen LogP contribution in [0, 0.1) is 5.92 Å². The summed E-state index contributed by atoms with van der Waals surface area (Å²) in [5, 5.41) is 21.2. The van der Waals surface area contributed by atoms with Gasteiger partial charge in [0.05, 0.1) is 6.61 Å². The molecular formula is C17H20N2O6. The Bertz CT molecular complexity index is 796. The van der Waals surface area contributed by atoms with Gasteiger partial charge in [0.1, 0.15) is 29.7 Å². The van der Waals surface area contributed by atoms with E-state index in [4.69, 9.17) is 20.0 Å². The van der Waals surface area contributed by atoms with E-state index < -0.39 is 18.7 Å². The van der Waals surface area contributed by atoms with Crippen LogP contribution in [0.5, 0.6) is 5.75 Å². The van der Waals surface area contributed by atoms with Crippen molar-refractivity contribution in [1.82, 2.24) is 0 Å². The first-order valence-electron chi connectivity index (χ1n) is 8.08. The van der Waals surface area contributed by atoms with Gasteiger partial charge in [-0.05, 0) is 25.0 Å². The number of rotatable bonds is 7. The molecule has 1 fully saturated rings. The Balaban J connectivity index is 1.93. The Kier molecular flexibility index (Phi) is 4.91. The predicted octanol–water partition coefficient (Wildman–Crippen LogP) is 1.64. The van der Waals surface area contributed by atoms with Gasteiger partial charge >= 0.3 is 6.03 Å². The molecule has 1 heterocycles. The van der Waals surface area contributed by atoms with E-state index in [2.05, 4.69) is 5.32 Å². The molecule has 2 aromatic rings. The second kappa shape index (κ2) is 7.12. The van der Waals surface area contributed by atoms with Crippen molar-refractivity contribution in [2.75, 3.05) is 18.5 Å². The van der Waals surface area contributed by atoms with Crippen molar-refractivity contribution in [2.24, 2.45) is 11.7 Å². The highest BCUT2D eigenvalue weighted by atomic mass is 16.5. The van der Waals surface area contributed by atoms with Crippen molar-refractivity contribution < 1.29 is 29.0 Å². The normalized spacial score (nSPS) is 15.6. The number of nitrogens with two attached hydrogens (primary N) is 1. The van der Waals surface area contributed by atoms with Crippen LogP contribution in [0.3, 0.4) is 0 Å². The predicted molar refractivity (Wildman–Crippen MR) is 89.7 cm³/mol. The molecule has 0 bridgehead atoms. The van der Waals surface area contributed by atoms with Gasteiger partial charge in [-0.25, -0.2) is 4.79 Å². The molecule has 1 atom stereocenters. The number of furan rings is 1. The second-order valence-electron chi connectivity index (χ2n) is 6.09. The van der Waals surface area contributed by atoms with E-state index in [0.717, 1.165) is 19.3 Å². The molecule has 25 heavy (non-hydrogen) atoms. The van der Waals surface area contributed by atoms with Crippen molar-refractivity contribution >= 4 is 28.5 Å². The lowest BCUT2D eigenvalue weighted by Gasteiger charge is -2.22. The third kappa shape index (κ3) is 3.59. The van der Waals surface area contributed by atoms with Crippen LogP contribution in [0.4, 0.5) is 10.5 Å². The maximum absolute atomic E-state index is 12.6. The quantitative estimate of drug-likeness (QED) is 0.562. The Morgan fingerprint density at radius 3 is 2.76 bits per heavy atom. The number of nitrogens with one attached hydrogen (secondary N) is 1. The largest absolute Gasteiger partial charge is 0.491 e. The molecule has 8 nitrogen and oxygen atoms in total. The zero-order chi connectivity index (χ0) is 18.0. The first-order chi connectivity index (χ1) is 12.0. The number of primary amides is 1. The molecule has 0 aliphatic heterocycles. The molecule has 1 aliphatic carbocycles. The van der Waals surface area contributed by atoms with E-state index in [0.29, 0.717) is 16.7 Å². The highest BCUT2D eigenvalue weighted by Crippen LogP contribution is 2.38. The van der Waals surface area contributed by atoms with Crippen molar-refractivity contribution in [2.45, 2.75) is 25.4 Å². The maximum atomic E-state index is 12.6. The molecule has 134 valence electrons. The third-order valence-electron chi connectivity index (χ3n) is 4.26. The number of benzene rings is 1. The number of aliphatic hydroxyl groups is 2. The summed E-state index contributed by atoms with van der Waals surface area (Å²) < 4.78 is 11.1. The lowest BCUT2D eigenvalue weighted by molar-refractivity contribution is 0.0536. The number of ether oxygens (including phenoxy) is 1. The molecular weight excluding hydrogens is 328 g/mol. The SMILES string of the molecule is NC(=O)Nc1c(C(=O)C2CCC2)oc2cc(OCC(O)CO)ccc12. The number of anilines is 1. The van der Waals surface area contributed by atoms with E-state index in [1.54, 1.807) is 18.2 Å². The van der Waals surface area contributed by atoms with Crippen LogP contribution in [0.2, 0.25) is 0 Å². The number of carbonyl (C=O) groups is 2. The summed E-state index contributed by atoms with van der Waals surface area (Å²) in [6, 6.07) is 4.04. The first-order valence-corrected chi connectivity index (χ1v) is 8.08. The first kappa shape index (κ1) is 17.2. The average Bonchev–Trinajstić information content (AvgIpc) is 2.88. The molecule has 1 aromatic heterocycles. The number of carbonyl (C=O) groups excluding carboxylic acids is 2. The fraction of sp³-hybridized carbons (Fsp3) is 0.412. The third-order valence-corrected chi connectivity index (χ3v) is 4.26. The molecule has 1 aromatic carbocycles. The summed E-state index contributed by atoms with van der Waals surface area (Å²) in [5.41, 5.74) is 5.84. The van der Waals surface area contributed by atoms with Crippen LogP contribution in [0.15, 0.2) is 22.6 Å². The van der Waals surface area contributed by atoms with Gasteiger partial charge in [-0.3, -0.25) is 4.79 Å². The molecule has 8 heteroatoms. The van der Waals surface area contributed by atoms with Crippen LogP contribution >= 0.6 is 0 Å². The van der Waals surface area contributed by atoms with E-state index in [9.17, 15) is 14.7 Å². The minimum atomic E-state index is -0.991. The molecule has 1 saturated carbocycles. The smallest absolute Gasteiger partial charge is 0.316 e. The van der Waals surface area contributed by atoms with E-state index in [1.807, 2.05) is 0 Å². The van der Waals surface area contributed by atoms with E-state index in [1.165, 1.54) is 0 Å². The monoisotopic (exact) mass is 348 g/mol. The summed E-state index contributed by atoms with van der Waals surface area (Å²) in [7, 11) is 0. The molecule has 5 N–H and O–H groups in total. The minimum absolute atomic E-state index is 0.0804. The number of aliphatic hydroxyl groups excluding tert-OH is 2. The van der Waals surface area contributed by atoms with Gasteiger partial charge in [-0.2, -0.15) is 0 Å². The molecule has 3 rings (SSSR count). The van der Waals surface area contributed by atoms with Crippen LogP contribution in [-0.2, 0) is 0 Å². The number of Topliss-reactive ketones (excluding diaryl/α,β-unsaturated/α-hetero) is 1. The van der Waals surface area contributed by atoms with Gasteiger partial charge in [0.25, 0.3) is 0 Å². The number of fused-ring (bicyclic) bond motifs is 1. The number of amides is 2. The Morgan fingerprint density at radius 2 is 2.16 bits per heavy atom. The van der Waals surface area contributed by atoms with Gasteiger partial charge in [0, 0.05) is 17.4 Å². The molecule has 0 radical (unpaired) electrons. The maximum Gasteiger partial charge on any atom is 0.316 e. The van der Waals surface area contributed by atoms with Crippen molar-refractivity contribution in [3.63, 3.8) is 0 Å². The highest BCUT2D eigenvalue weighted by Gasteiger charge is 2.32. The molecule has 1 aliphatic rings. The fourth-order valence-corrected chi connectivity index (χ4v) is 2.69.